The zero-order valence-corrected chi connectivity index (χ0v) is 10.2. The van der Waals surface area contributed by atoms with E-state index in [9.17, 15) is 0 Å². The first-order valence-corrected chi connectivity index (χ1v) is 4.39. The van der Waals surface area contributed by atoms with Crippen LogP contribution in [0.3, 0.4) is 0 Å². The van der Waals surface area contributed by atoms with Crippen LogP contribution in [-0.4, -0.2) is 12.1 Å². The van der Waals surface area contributed by atoms with Crippen LogP contribution in [0.25, 0.3) is 0 Å². The van der Waals surface area contributed by atoms with Gasteiger partial charge in [0, 0.05) is 12.1 Å². The van der Waals surface area contributed by atoms with Crippen molar-refractivity contribution in [2.75, 3.05) is 0 Å². The second kappa shape index (κ2) is 11.6. The van der Waals surface area contributed by atoms with Crippen molar-refractivity contribution < 1.29 is 18.9 Å². The van der Waals surface area contributed by atoms with Crippen LogP contribution >= 0.6 is 0 Å². The molecule has 1 N–H and O–H groups in total. The molecule has 70 valence electrons. The van der Waals surface area contributed by atoms with Crippen LogP contribution < -0.4 is 24.2 Å². The molecule has 0 saturated heterocycles. The minimum absolute atomic E-state index is 0. The molecule has 0 rings (SSSR count). The molecule has 0 heterocycles. The third-order valence-electron chi connectivity index (χ3n) is 0.667. The molecule has 0 aliphatic rings. The molecule has 0 aromatic heterocycles. The van der Waals surface area contributed by atoms with Gasteiger partial charge in [-0.1, -0.05) is 27.7 Å². The molecule has 0 amide bonds. The summed E-state index contributed by atoms with van der Waals surface area (Å²) in [5.74, 6) is 1.42. The molecule has 0 saturated carbocycles. The van der Waals surface area contributed by atoms with Crippen LogP contribution in [0.5, 0.6) is 0 Å². The zero-order chi connectivity index (χ0) is 9.44. The van der Waals surface area contributed by atoms with Gasteiger partial charge in [-0.3, -0.25) is 0 Å². The van der Waals surface area contributed by atoms with E-state index in [0.717, 1.165) is 0 Å². The summed E-state index contributed by atoms with van der Waals surface area (Å²) >= 11 is 0. The van der Waals surface area contributed by atoms with Crippen molar-refractivity contribution in [3.63, 3.8) is 0 Å². The van der Waals surface area contributed by atoms with Gasteiger partial charge in [0.25, 0.3) is 0 Å². The Morgan fingerprint density at radius 1 is 0.833 bits per heavy atom. The van der Waals surface area contributed by atoms with Crippen LogP contribution in [0.2, 0.25) is 0 Å². The third kappa shape index (κ3) is 46.4. The van der Waals surface area contributed by atoms with Crippen molar-refractivity contribution in [1.29, 1.82) is 0 Å². The monoisotopic (exact) mass is 165 g/mol. The van der Waals surface area contributed by atoms with Gasteiger partial charge in [-0.15, -0.1) is 0 Å². The Bertz CT molecular complexity index is 61.5. The van der Waals surface area contributed by atoms with Crippen molar-refractivity contribution in [2.24, 2.45) is 0 Å². The summed E-state index contributed by atoms with van der Waals surface area (Å²) in [6.45, 7) is 14.9. The second-order valence-corrected chi connectivity index (χ2v) is 3.98. The molecule has 0 fully saturated rings. The predicted molar refractivity (Wildman–Crippen MR) is 53.7 cm³/mol. The standard InChI is InChI=1S/C6H15N.C4H9.Li/c1-5(2)7-6(3)4;1-4(2)3;/h5-7H,1-4H3;1-3H3;/q;-1;+1. The molecule has 0 unspecified atom stereocenters. The molecule has 0 spiro atoms. The average Bonchev–Trinajstić information content (AvgIpc) is 1.56. The molecule has 12 heavy (non-hydrogen) atoms. The molecule has 0 aliphatic carbocycles. The summed E-state index contributed by atoms with van der Waals surface area (Å²) in [6, 6.07) is 1.25. The Balaban J connectivity index is -0.000000142. The van der Waals surface area contributed by atoms with Crippen molar-refractivity contribution in [3.8, 4) is 0 Å². The normalized spacial score (nSPS) is 9.50. The van der Waals surface area contributed by atoms with E-state index < -0.39 is 0 Å². The fourth-order valence-electron chi connectivity index (χ4n) is 0.667. The van der Waals surface area contributed by atoms with Gasteiger partial charge in [0.1, 0.15) is 0 Å². The third-order valence-corrected chi connectivity index (χ3v) is 0.667. The average molecular weight is 165 g/mol. The van der Waals surface area contributed by atoms with Crippen LogP contribution in [0.15, 0.2) is 0 Å². The Hall–Kier alpha value is 0.557. The first-order chi connectivity index (χ1) is 4.86. The topological polar surface area (TPSA) is 12.0 Å². The Morgan fingerprint density at radius 3 is 1.00 bits per heavy atom. The van der Waals surface area contributed by atoms with Crippen LogP contribution in [0, 0.1) is 5.92 Å². The summed E-state index contributed by atoms with van der Waals surface area (Å²) in [4.78, 5) is 0. The van der Waals surface area contributed by atoms with E-state index in [2.05, 4.69) is 53.8 Å². The molecule has 0 radical (unpaired) electrons. The summed E-state index contributed by atoms with van der Waals surface area (Å²) in [6.07, 6.45) is 0. The van der Waals surface area contributed by atoms with E-state index in [4.69, 9.17) is 0 Å². The van der Waals surface area contributed by atoms with Gasteiger partial charge < -0.3 is 11.2 Å². The SMILES string of the molecule is CC(C)NC(C)C.C[C-](C)C.[Li+]. The largest absolute Gasteiger partial charge is 1.00 e. The molecule has 0 atom stereocenters. The van der Waals surface area contributed by atoms with E-state index >= 15 is 0 Å². The number of hydrogen-bond acceptors (Lipinski definition) is 1. The fourth-order valence-corrected chi connectivity index (χ4v) is 0.667. The predicted octanol–water partition coefficient (Wildman–Crippen LogP) is 0.0174. The molecule has 2 heteroatoms. The maximum atomic E-state index is 3.31. The quantitative estimate of drug-likeness (QED) is 0.449. The number of nitrogens with one attached hydrogen (secondary N) is 1. The maximum Gasteiger partial charge on any atom is 1.00 e. The molecule has 0 aliphatic heterocycles. The summed E-state index contributed by atoms with van der Waals surface area (Å²) in [7, 11) is 0. The van der Waals surface area contributed by atoms with Gasteiger partial charge in [-0.25, -0.2) is 0 Å². The van der Waals surface area contributed by atoms with Crippen molar-refractivity contribution in [3.05, 3.63) is 5.92 Å². The van der Waals surface area contributed by atoms with Crippen molar-refractivity contribution in [2.45, 2.75) is 60.5 Å². The molecule has 0 aromatic rings. The van der Waals surface area contributed by atoms with Gasteiger partial charge in [0.05, 0.1) is 0 Å². The molecule has 1 nitrogen and oxygen atoms in total. The van der Waals surface area contributed by atoms with E-state index in [1.165, 1.54) is 5.92 Å². The second-order valence-electron chi connectivity index (χ2n) is 3.98. The number of rotatable bonds is 2. The fraction of sp³-hybridized carbons (Fsp3) is 0.900. The van der Waals surface area contributed by atoms with Gasteiger partial charge in [-0.2, -0.15) is 20.8 Å². The first-order valence-electron chi connectivity index (χ1n) is 4.39. The van der Waals surface area contributed by atoms with Crippen molar-refractivity contribution in [1.82, 2.24) is 5.32 Å². The summed E-state index contributed by atoms with van der Waals surface area (Å²) < 4.78 is 0. The Kier molecular flexibility index (Phi) is 17.7. The minimum atomic E-state index is 0. The van der Waals surface area contributed by atoms with E-state index in [0.29, 0.717) is 12.1 Å². The van der Waals surface area contributed by atoms with Gasteiger partial charge in [-0.05, 0) is 0 Å². The molecule has 0 bridgehead atoms. The maximum absolute atomic E-state index is 3.31. The summed E-state index contributed by atoms with van der Waals surface area (Å²) in [5.41, 5.74) is 0. The van der Waals surface area contributed by atoms with Gasteiger partial charge >= 0.3 is 18.9 Å². The van der Waals surface area contributed by atoms with Gasteiger partial charge in [0.2, 0.25) is 0 Å². The minimum Gasteiger partial charge on any atom is -0.323 e. The zero-order valence-electron chi connectivity index (χ0n) is 10.2. The van der Waals surface area contributed by atoms with Crippen LogP contribution in [0.1, 0.15) is 48.5 Å². The van der Waals surface area contributed by atoms with Crippen LogP contribution in [0.4, 0.5) is 0 Å². The van der Waals surface area contributed by atoms with E-state index in [1.807, 2.05) is 0 Å². The summed E-state index contributed by atoms with van der Waals surface area (Å²) in [5, 5.41) is 3.31. The molecular weight excluding hydrogens is 141 g/mol. The van der Waals surface area contributed by atoms with Crippen molar-refractivity contribution >= 4 is 0 Å². The number of hydrogen-bond donors (Lipinski definition) is 1. The Labute approximate surface area is 90.9 Å². The van der Waals surface area contributed by atoms with Crippen LogP contribution in [-0.2, 0) is 0 Å². The Morgan fingerprint density at radius 2 is 1.00 bits per heavy atom. The molecular formula is C10H24LiN. The molecule has 0 aromatic carbocycles. The first kappa shape index (κ1) is 18.4. The van der Waals surface area contributed by atoms with E-state index in [1.54, 1.807) is 0 Å². The smallest absolute Gasteiger partial charge is 0.323 e. The van der Waals surface area contributed by atoms with Gasteiger partial charge in [0.15, 0.2) is 0 Å². The van der Waals surface area contributed by atoms with E-state index in [-0.39, 0.29) is 18.9 Å².